The lowest BCUT2D eigenvalue weighted by Gasteiger charge is -2.01. The van der Waals surface area contributed by atoms with Crippen LogP contribution in [0.4, 0.5) is 0 Å². The first-order valence-corrected chi connectivity index (χ1v) is 5.08. The van der Waals surface area contributed by atoms with Gasteiger partial charge in [-0.1, -0.05) is 17.2 Å². The van der Waals surface area contributed by atoms with Crippen LogP contribution in [-0.4, -0.2) is 22.3 Å². The Labute approximate surface area is 97.1 Å². The second kappa shape index (κ2) is 3.86. The quantitative estimate of drug-likeness (QED) is 0.672. The number of benzene rings is 1. The monoisotopic (exact) mass is 227 g/mol. The summed E-state index contributed by atoms with van der Waals surface area (Å²) >= 11 is 0. The molecule has 17 heavy (non-hydrogen) atoms. The number of furan rings is 1. The van der Waals surface area contributed by atoms with Gasteiger partial charge in [0.15, 0.2) is 0 Å². The Kier molecular flexibility index (Phi) is 2.22. The van der Waals surface area contributed by atoms with Crippen molar-refractivity contribution in [1.29, 1.82) is 0 Å². The van der Waals surface area contributed by atoms with Crippen molar-refractivity contribution in [3.05, 3.63) is 36.7 Å². The van der Waals surface area contributed by atoms with E-state index in [9.17, 15) is 0 Å². The fourth-order valence-electron chi connectivity index (χ4n) is 1.63. The number of nitrogens with zero attached hydrogens (tertiary/aromatic N) is 3. The van der Waals surface area contributed by atoms with E-state index in [0.29, 0.717) is 5.69 Å². The van der Waals surface area contributed by atoms with Crippen molar-refractivity contribution in [3.8, 4) is 17.3 Å². The standard InChI is InChI=1S/C12H9N3O2/c1-16-12-14-10(7-13-15-12)9-3-2-8-4-5-17-11(8)6-9/h2-7H,1H3. The van der Waals surface area contributed by atoms with Gasteiger partial charge in [-0.05, 0) is 12.1 Å². The molecule has 3 rings (SSSR count). The number of rotatable bonds is 2. The lowest BCUT2D eigenvalue weighted by Crippen LogP contribution is -1.95. The molecule has 0 N–H and O–H groups in total. The Balaban J connectivity index is 2.12. The van der Waals surface area contributed by atoms with Crippen molar-refractivity contribution >= 4 is 11.0 Å². The minimum Gasteiger partial charge on any atom is -0.466 e. The molecule has 0 aliphatic heterocycles. The van der Waals surface area contributed by atoms with Gasteiger partial charge in [-0.2, -0.15) is 10.1 Å². The summed E-state index contributed by atoms with van der Waals surface area (Å²) in [6, 6.07) is 8.02. The lowest BCUT2D eigenvalue weighted by atomic mass is 10.1. The van der Waals surface area contributed by atoms with Gasteiger partial charge in [-0.25, -0.2) is 0 Å². The van der Waals surface area contributed by atoms with Crippen LogP contribution in [0.2, 0.25) is 0 Å². The normalized spacial score (nSPS) is 10.6. The first-order chi connectivity index (χ1) is 8.36. The Hall–Kier alpha value is -2.43. The third kappa shape index (κ3) is 1.71. The van der Waals surface area contributed by atoms with E-state index in [1.165, 1.54) is 7.11 Å². The molecule has 1 aromatic carbocycles. The van der Waals surface area contributed by atoms with E-state index in [2.05, 4.69) is 15.2 Å². The molecule has 84 valence electrons. The van der Waals surface area contributed by atoms with Crippen molar-refractivity contribution in [1.82, 2.24) is 15.2 Å². The molecule has 5 heteroatoms. The van der Waals surface area contributed by atoms with Gasteiger partial charge in [0.05, 0.1) is 25.3 Å². The SMILES string of the molecule is COc1nncc(-c2ccc3ccoc3c2)n1. The molecule has 0 radical (unpaired) electrons. The summed E-state index contributed by atoms with van der Waals surface area (Å²) in [5.41, 5.74) is 2.44. The molecule has 2 heterocycles. The third-order valence-corrected chi connectivity index (χ3v) is 2.47. The van der Waals surface area contributed by atoms with E-state index < -0.39 is 0 Å². The Morgan fingerprint density at radius 2 is 2.18 bits per heavy atom. The number of fused-ring (bicyclic) bond motifs is 1. The van der Waals surface area contributed by atoms with Crippen molar-refractivity contribution in [2.45, 2.75) is 0 Å². The fourth-order valence-corrected chi connectivity index (χ4v) is 1.63. The van der Waals surface area contributed by atoms with E-state index in [-0.39, 0.29) is 6.01 Å². The lowest BCUT2D eigenvalue weighted by molar-refractivity contribution is 0.374. The molecule has 0 amide bonds. The van der Waals surface area contributed by atoms with Crippen LogP contribution < -0.4 is 4.74 Å². The topological polar surface area (TPSA) is 61.0 Å². The molecule has 5 nitrogen and oxygen atoms in total. The van der Waals surface area contributed by atoms with Crippen LogP contribution in [0.15, 0.2) is 41.1 Å². The molecule has 0 aliphatic rings. The van der Waals surface area contributed by atoms with Gasteiger partial charge in [0.1, 0.15) is 5.58 Å². The number of ether oxygens (including phenoxy) is 1. The summed E-state index contributed by atoms with van der Waals surface area (Å²) in [5.74, 6) is 0. The van der Waals surface area contributed by atoms with E-state index in [0.717, 1.165) is 16.5 Å². The molecule has 2 aromatic heterocycles. The largest absolute Gasteiger partial charge is 0.466 e. The molecule has 3 aromatic rings. The number of hydrogen-bond acceptors (Lipinski definition) is 5. The van der Waals surface area contributed by atoms with Crippen molar-refractivity contribution in [2.75, 3.05) is 7.11 Å². The molecule has 0 saturated carbocycles. The van der Waals surface area contributed by atoms with Gasteiger partial charge < -0.3 is 9.15 Å². The van der Waals surface area contributed by atoms with Gasteiger partial charge in [0.25, 0.3) is 0 Å². The molecule has 0 atom stereocenters. The maximum absolute atomic E-state index is 5.34. The number of hydrogen-bond donors (Lipinski definition) is 0. The zero-order valence-electron chi connectivity index (χ0n) is 9.12. The second-order valence-electron chi connectivity index (χ2n) is 3.50. The maximum atomic E-state index is 5.34. The molecule has 0 spiro atoms. The Morgan fingerprint density at radius 3 is 3.06 bits per heavy atom. The minimum atomic E-state index is 0.252. The predicted octanol–water partition coefficient (Wildman–Crippen LogP) is 2.29. The van der Waals surface area contributed by atoms with E-state index in [1.807, 2.05) is 24.3 Å². The number of aromatic nitrogens is 3. The van der Waals surface area contributed by atoms with Crippen LogP contribution in [0.25, 0.3) is 22.2 Å². The molecular formula is C12H9N3O2. The predicted molar refractivity (Wildman–Crippen MR) is 61.6 cm³/mol. The summed E-state index contributed by atoms with van der Waals surface area (Å²) in [6.45, 7) is 0. The minimum absolute atomic E-state index is 0.252. The van der Waals surface area contributed by atoms with Gasteiger partial charge in [0, 0.05) is 10.9 Å². The highest BCUT2D eigenvalue weighted by molar-refractivity contribution is 5.82. The summed E-state index contributed by atoms with van der Waals surface area (Å²) in [7, 11) is 1.51. The summed E-state index contributed by atoms with van der Waals surface area (Å²) in [6.07, 6.45) is 3.25. The zero-order valence-corrected chi connectivity index (χ0v) is 9.12. The highest BCUT2D eigenvalue weighted by Gasteiger charge is 2.05. The van der Waals surface area contributed by atoms with Crippen molar-refractivity contribution in [3.63, 3.8) is 0 Å². The van der Waals surface area contributed by atoms with E-state index in [1.54, 1.807) is 12.5 Å². The van der Waals surface area contributed by atoms with Gasteiger partial charge in [-0.3, -0.25) is 0 Å². The summed E-state index contributed by atoms with van der Waals surface area (Å²) in [5, 5.41) is 8.62. The van der Waals surface area contributed by atoms with Crippen LogP contribution in [0.1, 0.15) is 0 Å². The second-order valence-corrected chi connectivity index (χ2v) is 3.50. The van der Waals surface area contributed by atoms with Crippen molar-refractivity contribution < 1.29 is 9.15 Å². The highest BCUT2D eigenvalue weighted by atomic mass is 16.5. The first-order valence-electron chi connectivity index (χ1n) is 5.08. The molecule has 0 fully saturated rings. The maximum Gasteiger partial charge on any atom is 0.335 e. The van der Waals surface area contributed by atoms with Gasteiger partial charge in [0.2, 0.25) is 0 Å². The van der Waals surface area contributed by atoms with Gasteiger partial charge >= 0.3 is 6.01 Å². The fraction of sp³-hybridized carbons (Fsp3) is 0.0833. The van der Waals surface area contributed by atoms with Crippen LogP contribution in [-0.2, 0) is 0 Å². The Bertz CT molecular complexity index is 663. The average molecular weight is 227 g/mol. The van der Waals surface area contributed by atoms with E-state index in [4.69, 9.17) is 9.15 Å². The summed E-state index contributed by atoms with van der Waals surface area (Å²) in [4.78, 5) is 4.22. The first kappa shape index (κ1) is 9.77. The smallest absolute Gasteiger partial charge is 0.335 e. The molecule has 0 unspecified atom stereocenters. The van der Waals surface area contributed by atoms with Crippen LogP contribution in [0, 0.1) is 0 Å². The van der Waals surface area contributed by atoms with E-state index >= 15 is 0 Å². The Morgan fingerprint density at radius 1 is 1.24 bits per heavy atom. The van der Waals surface area contributed by atoms with Crippen molar-refractivity contribution in [2.24, 2.45) is 0 Å². The molecular weight excluding hydrogens is 218 g/mol. The molecule has 0 aliphatic carbocycles. The third-order valence-electron chi connectivity index (χ3n) is 2.47. The molecule has 0 saturated heterocycles. The van der Waals surface area contributed by atoms with Crippen LogP contribution in [0.3, 0.4) is 0 Å². The van der Waals surface area contributed by atoms with Gasteiger partial charge in [-0.15, -0.1) is 0 Å². The molecule has 0 bridgehead atoms. The average Bonchev–Trinajstić information content (AvgIpc) is 2.86. The highest BCUT2D eigenvalue weighted by Crippen LogP contribution is 2.23. The van der Waals surface area contributed by atoms with Crippen LogP contribution >= 0.6 is 0 Å². The summed E-state index contributed by atoms with van der Waals surface area (Å²) < 4.78 is 10.3. The number of methoxy groups -OCH3 is 1. The van der Waals surface area contributed by atoms with Crippen LogP contribution in [0.5, 0.6) is 6.01 Å². The zero-order chi connectivity index (χ0) is 11.7.